The first-order chi connectivity index (χ1) is 10.6. The van der Waals surface area contributed by atoms with Gasteiger partial charge in [0, 0.05) is 36.4 Å². The number of rotatable bonds is 5. The molecule has 0 fully saturated rings. The van der Waals surface area contributed by atoms with Gasteiger partial charge in [0.2, 0.25) is 0 Å². The average Bonchev–Trinajstić information content (AvgIpc) is 3.10. The zero-order valence-corrected chi connectivity index (χ0v) is 14.7. The lowest BCUT2D eigenvalue weighted by molar-refractivity contribution is 0.170. The third-order valence-electron chi connectivity index (χ3n) is 4.50. The molecule has 1 aromatic heterocycles. The molecule has 0 amide bonds. The van der Waals surface area contributed by atoms with E-state index >= 15 is 0 Å². The first-order valence-electron chi connectivity index (χ1n) is 7.61. The summed E-state index contributed by atoms with van der Waals surface area (Å²) in [7, 11) is 0. The summed E-state index contributed by atoms with van der Waals surface area (Å²) >= 11 is 7.30. The molecule has 6 heteroatoms. The Hall–Kier alpha value is -1.17. The van der Waals surface area contributed by atoms with Crippen LogP contribution in [0.25, 0.3) is 0 Å². The van der Waals surface area contributed by atoms with Crippen molar-refractivity contribution in [1.29, 1.82) is 0 Å². The van der Waals surface area contributed by atoms with Crippen molar-refractivity contribution in [3.63, 3.8) is 0 Å². The molecule has 4 nitrogen and oxygen atoms in total. The highest BCUT2D eigenvalue weighted by Gasteiger charge is 2.26. The number of aromatic nitrogens is 2. The maximum Gasteiger partial charge on any atom is 0.139 e. The number of benzene rings is 1. The number of halogens is 1. The summed E-state index contributed by atoms with van der Waals surface area (Å²) in [6.07, 6.45) is 0. The number of nitrogens with zero attached hydrogens (tertiary/aromatic N) is 3. The Labute approximate surface area is 140 Å². The third kappa shape index (κ3) is 3.12. The van der Waals surface area contributed by atoms with Gasteiger partial charge in [0.25, 0.3) is 0 Å². The van der Waals surface area contributed by atoms with Gasteiger partial charge in [0.05, 0.1) is 6.54 Å². The van der Waals surface area contributed by atoms with Gasteiger partial charge in [-0.15, -0.1) is 5.10 Å². The maximum atomic E-state index is 6.07. The molecule has 22 heavy (non-hydrogen) atoms. The molecule has 1 aliphatic heterocycles. The molecule has 1 aromatic carbocycles. The molecule has 0 radical (unpaired) electrons. The monoisotopic (exact) mass is 336 g/mol. The summed E-state index contributed by atoms with van der Waals surface area (Å²) < 4.78 is 4.53. The SMILES string of the molecule is CC(C)[C@H](C)N1Cc2cccc(NCc3nnsc3Cl)c2C1. The zero-order chi connectivity index (χ0) is 15.7. The highest BCUT2D eigenvalue weighted by Crippen LogP contribution is 2.32. The molecule has 1 N–H and O–H groups in total. The molecule has 0 aliphatic carbocycles. The van der Waals surface area contributed by atoms with Crippen LogP contribution in [0.2, 0.25) is 4.34 Å². The van der Waals surface area contributed by atoms with Crippen molar-refractivity contribution in [2.75, 3.05) is 5.32 Å². The zero-order valence-electron chi connectivity index (χ0n) is 13.1. The van der Waals surface area contributed by atoms with Crippen LogP contribution in [0, 0.1) is 5.92 Å². The van der Waals surface area contributed by atoms with Crippen LogP contribution in [-0.4, -0.2) is 20.5 Å². The molecular formula is C16H21ClN4S. The van der Waals surface area contributed by atoms with Crippen LogP contribution in [0.3, 0.4) is 0 Å². The first-order valence-corrected chi connectivity index (χ1v) is 8.76. The quantitative estimate of drug-likeness (QED) is 0.890. The minimum absolute atomic E-state index is 0.581. The smallest absolute Gasteiger partial charge is 0.139 e. The van der Waals surface area contributed by atoms with E-state index in [-0.39, 0.29) is 0 Å². The topological polar surface area (TPSA) is 41.0 Å². The van der Waals surface area contributed by atoms with Crippen molar-refractivity contribution in [1.82, 2.24) is 14.5 Å². The van der Waals surface area contributed by atoms with Gasteiger partial charge < -0.3 is 5.32 Å². The van der Waals surface area contributed by atoms with Gasteiger partial charge in [-0.3, -0.25) is 4.90 Å². The van der Waals surface area contributed by atoms with E-state index in [1.165, 1.54) is 28.3 Å². The van der Waals surface area contributed by atoms with Crippen LogP contribution < -0.4 is 5.32 Å². The standard InChI is InChI=1S/C16H21ClN4S/c1-10(2)11(3)21-8-12-5-4-6-14(13(12)9-21)18-7-15-16(17)22-20-19-15/h4-6,10-11,18H,7-9H2,1-3H3/t11-/m0/s1. The lowest BCUT2D eigenvalue weighted by Crippen LogP contribution is -2.32. The molecule has 0 spiro atoms. The second-order valence-corrected chi connectivity index (χ2v) is 7.54. The van der Waals surface area contributed by atoms with Crippen LogP contribution in [0.1, 0.15) is 37.6 Å². The van der Waals surface area contributed by atoms with E-state index in [1.807, 2.05) is 0 Å². The van der Waals surface area contributed by atoms with E-state index in [0.29, 0.717) is 22.8 Å². The molecule has 0 bridgehead atoms. The Morgan fingerprint density at radius 3 is 2.82 bits per heavy atom. The highest BCUT2D eigenvalue weighted by atomic mass is 35.5. The fourth-order valence-electron chi connectivity index (χ4n) is 2.80. The maximum absolute atomic E-state index is 6.07. The van der Waals surface area contributed by atoms with Gasteiger partial charge in [-0.1, -0.05) is 42.1 Å². The Bertz CT molecular complexity index is 655. The Kier molecular flexibility index (Phi) is 4.66. The molecule has 2 aromatic rings. The van der Waals surface area contributed by atoms with Gasteiger partial charge in [0.1, 0.15) is 10.0 Å². The van der Waals surface area contributed by atoms with Crippen LogP contribution in [0.15, 0.2) is 18.2 Å². The molecule has 0 saturated heterocycles. The first kappa shape index (κ1) is 15.7. The molecular weight excluding hydrogens is 316 g/mol. The highest BCUT2D eigenvalue weighted by molar-refractivity contribution is 7.10. The number of hydrogen-bond donors (Lipinski definition) is 1. The Morgan fingerprint density at radius 1 is 1.32 bits per heavy atom. The van der Waals surface area contributed by atoms with Crippen molar-refractivity contribution in [2.45, 2.75) is 46.4 Å². The molecule has 0 saturated carbocycles. The summed E-state index contributed by atoms with van der Waals surface area (Å²) in [5.41, 5.74) is 4.81. The Morgan fingerprint density at radius 2 is 2.14 bits per heavy atom. The van der Waals surface area contributed by atoms with Gasteiger partial charge in [-0.2, -0.15) is 0 Å². The van der Waals surface area contributed by atoms with E-state index in [1.54, 1.807) is 0 Å². The summed E-state index contributed by atoms with van der Waals surface area (Å²) in [4.78, 5) is 2.54. The van der Waals surface area contributed by atoms with Gasteiger partial charge in [-0.25, -0.2) is 0 Å². The van der Waals surface area contributed by atoms with E-state index in [2.05, 4.69) is 58.8 Å². The number of nitrogens with one attached hydrogen (secondary N) is 1. The van der Waals surface area contributed by atoms with E-state index < -0.39 is 0 Å². The van der Waals surface area contributed by atoms with Crippen LogP contribution in [0.5, 0.6) is 0 Å². The summed E-state index contributed by atoms with van der Waals surface area (Å²) in [6.45, 7) is 9.52. The summed E-state index contributed by atoms with van der Waals surface area (Å²) in [6, 6.07) is 7.06. The van der Waals surface area contributed by atoms with Gasteiger partial charge in [0.15, 0.2) is 0 Å². The normalized spacial score (nSPS) is 16.0. The number of hydrogen-bond acceptors (Lipinski definition) is 5. The molecule has 1 aliphatic rings. The largest absolute Gasteiger partial charge is 0.379 e. The summed E-state index contributed by atoms with van der Waals surface area (Å²) in [5.74, 6) is 0.658. The minimum atomic E-state index is 0.581. The fourth-order valence-corrected chi connectivity index (χ4v) is 3.43. The van der Waals surface area contributed by atoms with Crippen LogP contribution in [-0.2, 0) is 19.6 Å². The van der Waals surface area contributed by atoms with E-state index in [0.717, 1.165) is 18.8 Å². The fraction of sp³-hybridized carbons (Fsp3) is 0.500. The molecule has 1 atom stereocenters. The lowest BCUT2D eigenvalue weighted by Gasteiger charge is -2.27. The third-order valence-corrected chi connectivity index (χ3v) is 5.49. The number of fused-ring (bicyclic) bond motifs is 1. The van der Waals surface area contributed by atoms with Gasteiger partial charge in [-0.05, 0) is 30.0 Å². The van der Waals surface area contributed by atoms with Crippen molar-refractivity contribution in [3.05, 3.63) is 39.4 Å². The van der Waals surface area contributed by atoms with Crippen molar-refractivity contribution >= 4 is 28.8 Å². The van der Waals surface area contributed by atoms with Crippen LogP contribution in [0.4, 0.5) is 5.69 Å². The Balaban J connectivity index is 1.74. The molecule has 2 heterocycles. The predicted octanol–water partition coefficient (Wildman–Crippen LogP) is 4.16. The second-order valence-electron chi connectivity index (χ2n) is 6.18. The van der Waals surface area contributed by atoms with E-state index in [4.69, 9.17) is 11.6 Å². The predicted molar refractivity (Wildman–Crippen MR) is 92.2 cm³/mol. The van der Waals surface area contributed by atoms with Crippen LogP contribution >= 0.6 is 23.1 Å². The van der Waals surface area contributed by atoms with Crippen molar-refractivity contribution in [2.24, 2.45) is 5.92 Å². The second kappa shape index (κ2) is 6.52. The molecule has 3 rings (SSSR count). The molecule has 0 unspecified atom stereocenters. The molecule has 118 valence electrons. The summed E-state index contributed by atoms with van der Waals surface area (Å²) in [5, 5.41) is 7.52. The van der Waals surface area contributed by atoms with E-state index in [9.17, 15) is 0 Å². The van der Waals surface area contributed by atoms with Crippen molar-refractivity contribution in [3.8, 4) is 0 Å². The van der Waals surface area contributed by atoms with Gasteiger partial charge >= 0.3 is 0 Å². The lowest BCUT2D eigenvalue weighted by atomic mass is 10.1. The van der Waals surface area contributed by atoms with Crippen molar-refractivity contribution < 1.29 is 0 Å². The number of anilines is 1. The minimum Gasteiger partial charge on any atom is -0.379 e. The average molecular weight is 337 g/mol.